The SMILES string of the molecule is NCC(Cc1ccccc1Cl)c1ccncc1. The van der Waals surface area contributed by atoms with E-state index in [4.69, 9.17) is 17.3 Å². The van der Waals surface area contributed by atoms with Crippen LogP contribution >= 0.6 is 11.6 Å². The predicted octanol–water partition coefficient (Wildman–Crippen LogP) is 3.02. The van der Waals surface area contributed by atoms with Gasteiger partial charge in [0.2, 0.25) is 0 Å². The minimum atomic E-state index is 0.290. The molecule has 0 amide bonds. The highest BCUT2D eigenvalue weighted by atomic mass is 35.5. The van der Waals surface area contributed by atoms with Gasteiger partial charge in [0.05, 0.1) is 0 Å². The van der Waals surface area contributed by atoms with Gasteiger partial charge in [-0.15, -0.1) is 0 Å². The molecular weight excluding hydrogens is 232 g/mol. The smallest absolute Gasteiger partial charge is 0.0438 e. The maximum Gasteiger partial charge on any atom is 0.0438 e. The lowest BCUT2D eigenvalue weighted by molar-refractivity contribution is 0.693. The highest BCUT2D eigenvalue weighted by molar-refractivity contribution is 6.31. The first-order valence-electron chi connectivity index (χ1n) is 5.64. The molecule has 0 aliphatic heterocycles. The lowest BCUT2D eigenvalue weighted by Gasteiger charge is -2.15. The number of pyridine rings is 1. The summed E-state index contributed by atoms with van der Waals surface area (Å²) in [5.41, 5.74) is 8.19. The van der Waals surface area contributed by atoms with Crippen LogP contribution in [0.1, 0.15) is 17.0 Å². The van der Waals surface area contributed by atoms with Gasteiger partial charge in [0.25, 0.3) is 0 Å². The van der Waals surface area contributed by atoms with E-state index in [1.54, 1.807) is 12.4 Å². The highest BCUT2D eigenvalue weighted by Gasteiger charge is 2.11. The van der Waals surface area contributed by atoms with E-state index in [0.29, 0.717) is 6.54 Å². The maximum absolute atomic E-state index is 6.16. The van der Waals surface area contributed by atoms with Gasteiger partial charge in [0.15, 0.2) is 0 Å². The minimum absolute atomic E-state index is 0.290. The number of rotatable bonds is 4. The van der Waals surface area contributed by atoms with Gasteiger partial charge in [-0.3, -0.25) is 4.98 Å². The van der Waals surface area contributed by atoms with Gasteiger partial charge in [-0.2, -0.15) is 0 Å². The Balaban J connectivity index is 2.19. The molecule has 0 bridgehead atoms. The minimum Gasteiger partial charge on any atom is -0.330 e. The van der Waals surface area contributed by atoms with Crippen molar-refractivity contribution in [3.63, 3.8) is 0 Å². The van der Waals surface area contributed by atoms with Crippen molar-refractivity contribution in [2.24, 2.45) is 5.73 Å². The van der Waals surface area contributed by atoms with Crippen LogP contribution in [0.4, 0.5) is 0 Å². The molecule has 1 aromatic carbocycles. The van der Waals surface area contributed by atoms with Gasteiger partial charge in [-0.05, 0) is 42.3 Å². The van der Waals surface area contributed by atoms with E-state index in [9.17, 15) is 0 Å². The molecule has 0 radical (unpaired) electrons. The van der Waals surface area contributed by atoms with Crippen LogP contribution in [0.5, 0.6) is 0 Å². The van der Waals surface area contributed by atoms with Crippen LogP contribution in [0, 0.1) is 0 Å². The summed E-state index contributed by atoms with van der Waals surface area (Å²) in [4.78, 5) is 4.02. The van der Waals surface area contributed by atoms with Gasteiger partial charge >= 0.3 is 0 Å². The zero-order valence-corrected chi connectivity index (χ0v) is 10.3. The molecule has 0 aliphatic carbocycles. The summed E-state index contributed by atoms with van der Waals surface area (Å²) in [7, 11) is 0. The van der Waals surface area contributed by atoms with Crippen molar-refractivity contribution in [3.8, 4) is 0 Å². The lowest BCUT2D eigenvalue weighted by Crippen LogP contribution is -2.15. The van der Waals surface area contributed by atoms with Gasteiger partial charge in [0.1, 0.15) is 0 Å². The predicted molar refractivity (Wildman–Crippen MR) is 71.2 cm³/mol. The zero-order chi connectivity index (χ0) is 12.1. The maximum atomic E-state index is 6.16. The van der Waals surface area contributed by atoms with Gasteiger partial charge in [-0.1, -0.05) is 29.8 Å². The first kappa shape index (κ1) is 12.1. The van der Waals surface area contributed by atoms with E-state index < -0.39 is 0 Å². The van der Waals surface area contributed by atoms with Crippen molar-refractivity contribution in [1.29, 1.82) is 0 Å². The Kier molecular flexibility index (Phi) is 4.13. The average Bonchev–Trinajstić information content (AvgIpc) is 2.39. The summed E-state index contributed by atoms with van der Waals surface area (Å²) in [6.45, 7) is 0.606. The van der Waals surface area contributed by atoms with Crippen LogP contribution in [0.3, 0.4) is 0 Å². The summed E-state index contributed by atoms with van der Waals surface area (Å²) in [5.74, 6) is 0.290. The number of halogens is 1. The third-order valence-corrected chi connectivity index (χ3v) is 3.25. The summed E-state index contributed by atoms with van der Waals surface area (Å²) in [6, 6.07) is 11.9. The van der Waals surface area contributed by atoms with Gasteiger partial charge in [0, 0.05) is 23.3 Å². The molecule has 3 heteroatoms. The second-order valence-corrected chi connectivity index (χ2v) is 4.42. The molecular formula is C14H15ClN2. The number of hydrogen-bond acceptors (Lipinski definition) is 2. The molecule has 1 heterocycles. The van der Waals surface area contributed by atoms with Crippen molar-refractivity contribution in [2.75, 3.05) is 6.54 Å². The van der Waals surface area contributed by atoms with E-state index in [1.807, 2.05) is 36.4 Å². The Labute approximate surface area is 106 Å². The third kappa shape index (κ3) is 3.05. The molecule has 1 unspecified atom stereocenters. The first-order valence-corrected chi connectivity index (χ1v) is 6.02. The Hall–Kier alpha value is -1.38. The van der Waals surface area contributed by atoms with Crippen LogP contribution in [-0.2, 0) is 6.42 Å². The Bertz CT molecular complexity index is 471. The van der Waals surface area contributed by atoms with Crippen LogP contribution in [0.25, 0.3) is 0 Å². The van der Waals surface area contributed by atoms with Crippen molar-refractivity contribution in [3.05, 3.63) is 64.9 Å². The number of nitrogens with zero attached hydrogens (tertiary/aromatic N) is 1. The van der Waals surface area contributed by atoms with Crippen LogP contribution in [-0.4, -0.2) is 11.5 Å². The summed E-state index contributed by atoms with van der Waals surface area (Å²) >= 11 is 6.16. The summed E-state index contributed by atoms with van der Waals surface area (Å²) < 4.78 is 0. The van der Waals surface area contributed by atoms with E-state index >= 15 is 0 Å². The molecule has 0 saturated heterocycles. The number of nitrogens with two attached hydrogens (primary N) is 1. The molecule has 0 saturated carbocycles. The van der Waals surface area contributed by atoms with E-state index in [2.05, 4.69) is 4.98 Å². The fraction of sp³-hybridized carbons (Fsp3) is 0.214. The zero-order valence-electron chi connectivity index (χ0n) is 9.51. The molecule has 1 aromatic heterocycles. The third-order valence-electron chi connectivity index (χ3n) is 2.89. The van der Waals surface area contributed by atoms with Crippen molar-refractivity contribution in [2.45, 2.75) is 12.3 Å². The number of hydrogen-bond donors (Lipinski definition) is 1. The Morgan fingerprint density at radius 3 is 2.47 bits per heavy atom. The number of benzene rings is 1. The quantitative estimate of drug-likeness (QED) is 0.901. The second-order valence-electron chi connectivity index (χ2n) is 4.01. The normalized spacial score (nSPS) is 12.4. The van der Waals surface area contributed by atoms with Crippen molar-refractivity contribution in [1.82, 2.24) is 4.98 Å². The van der Waals surface area contributed by atoms with E-state index in [-0.39, 0.29) is 5.92 Å². The van der Waals surface area contributed by atoms with E-state index in [0.717, 1.165) is 17.0 Å². The van der Waals surface area contributed by atoms with Crippen LogP contribution in [0.2, 0.25) is 5.02 Å². The first-order chi connectivity index (χ1) is 8.31. The summed E-state index contributed by atoms with van der Waals surface area (Å²) in [5, 5.41) is 0.806. The largest absolute Gasteiger partial charge is 0.330 e. The molecule has 0 fully saturated rings. The Morgan fingerprint density at radius 1 is 1.12 bits per heavy atom. The van der Waals surface area contributed by atoms with Crippen LogP contribution < -0.4 is 5.73 Å². The molecule has 17 heavy (non-hydrogen) atoms. The topological polar surface area (TPSA) is 38.9 Å². The molecule has 0 aliphatic rings. The van der Waals surface area contributed by atoms with Crippen LogP contribution in [0.15, 0.2) is 48.8 Å². The van der Waals surface area contributed by atoms with Gasteiger partial charge < -0.3 is 5.73 Å². The van der Waals surface area contributed by atoms with Crippen molar-refractivity contribution < 1.29 is 0 Å². The molecule has 2 aromatic rings. The van der Waals surface area contributed by atoms with Crippen molar-refractivity contribution >= 4 is 11.6 Å². The van der Waals surface area contributed by atoms with E-state index in [1.165, 1.54) is 5.56 Å². The standard InChI is InChI=1S/C14H15ClN2/c15-14-4-2-1-3-12(14)9-13(10-16)11-5-7-17-8-6-11/h1-8,13H,9-10,16H2. The number of aromatic nitrogens is 1. The molecule has 1 atom stereocenters. The fourth-order valence-electron chi connectivity index (χ4n) is 1.90. The summed E-state index contributed by atoms with van der Waals surface area (Å²) in [6.07, 6.45) is 4.45. The molecule has 2 rings (SSSR count). The fourth-order valence-corrected chi connectivity index (χ4v) is 2.12. The second kappa shape index (κ2) is 5.80. The monoisotopic (exact) mass is 246 g/mol. The lowest BCUT2D eigenvalue weighted by atomic mass is 9.93. The average molecular weight is 247 g/mol. The molecule has 0 spiro atoms. The highest BCUT2D eigenvalue weighted by Crippen LogP contribution is 2.24. The Morgan fingerprint density at radius 2 is 1.82 bits per heavy atom. The molecule has 2 nitrogen and oxygen atoms in total. The molecule has 88 valence electrons. The van der Waals surface area contributed by atoms with Gasteiger partial charge in [-0.25, -0.2) is 0 Å². The molecule has 2 N–H and O–H groups in total.